The van der Waals surface area contributed by atoms with E-state index < -0.39 is 0 Å². The first-order chi connectivity index (χ1) is 10.1. The van der Waals surface area contributed by atoms with Gasteiger partial charge in [-0.25, -0.2) is 5.43 Å². The van der Waals surface area contributed by atoms with Gasteiger partial charge in [-0.2, -0.15) is 0 Å². The van der Waals surface area contributed by atoms with Gasteiger partial charge in [0.1, 0.15) is 11.8 Å². The van der Waals surface area contributed by atoms with Crippen LogP contribution in [0, 0.1) is 0 Å². The molecular formula is C15H11Cl3N2O. The standard InChI is InChI=1S/C15H11Cl3N2O/c16-10-4-9(5-11(17)7-10)14(20-19)13-6-8-2-1-3-12(18)15(8)21-13/h1-7,14,20H,19H2. The zero-order chi connectivity index (χ0) is 15.0. The SMILES string of the molecule is NNC(c1cc(Cl)cc(Cl)c1)c1cc2cccc(Cl)c2o1. The van der Waals surface area contributed by atoms with Crippen molar-refractivity contribution in [2.75, 3.05) is 0 Å². The van der Waals surface area contributed by atoms with Crippen LogP contribution in [0.15, 0.2) is 46.9 Å². The second-order valence-corrected chi connectivity index (χ2v) is 5.89. The number of nitrogens with two attached hydrogens (primary N) is 1. The average Bonchev–Trinajstić information content (AvgIpc) is 2.83. The van der Waals surface area contributed by atoms with Gasteiger partial charge in [-0.05, 0) is 35.9 Å². The Morgan fingerprint density at radius 1 is 1.00 bits per heavy atom. The number of rotatable bonds is 3. The number of para-hydroxylation sites is 1. The highest BCUT2D eigenvalue weighted by atomic mass is 35.5. The fraction of sp³-hybridized carbons (Fsp3) is 0.0667. The smallest absolute Gasteiger partial charge is 0.152 e. The molecule has 21 heavy (non-hydrogen) atoms. The van der Waals surface area contributed by atoms with E-state index >= 15 is 0 Å². The third-order valence-corrected chi connectivity index (χ3v) is 3.92. The molecule has 1 aromatic heterocycles. The molecule has 3 nitrogen and oxygen atoms in total. The number of hydrogen-bond donors (Lipinski definition) is 2. The van der Waals surface area contributed by atoms with E-state index in [1.807, 2.05) is 18.2 Å². The molecule has 3 aromatic rings. The molecule has 0 aliphatic rings. The van der Waals surface area contributed by atoms with E-state index in [2.05, 4.69) is 5.43 Å². The highest BCUT2D eigenvalue weighted by Crippen LogP contribution is 2.33. The summed E-state index contributed by atoms with van der Waals surface area (Å²) in [4.78, 5) is 0. The molecule has 108 valence electrons. The van der Waals surface area contributed by atoms with Crippen LogP contribution in [0.1, 0.15) is 17.4 Å². The van der Waals surface area contributed by atoms with Gasteiger partial charge < -0.3 is 4.42 Å². The number of hydrazine groups is 1. The van der Waals surface area contributed by atoms with Gasteiger partial charge in [0.05, 0.1) is 5.02 Å². The molecule has 0 aliphatic carbocycles. The summed E-state index contributed by atoms with van der Waals surface area (Å²) in [6.45, 7) is 0. The Kier molecular flexibility index (Phi) is 4.11. The predicted molar refractivity (Wildman–Crippen MR) is 86.9 cm³/mol. The van der Waals surface area contributed by atoms with Gasteiger partial charge in [0, 0.05) is 15.4 Å². The van der Waals surface area contributed by atoms with Crippen LogP contribution in [0.5, 0.6) is 0 Å². The maximum Gasteiger partial charge on any atom is 0.152 e. The van der Waals surface area contributed by atoms with Crippen LogP contribution >= 0.6 is 34.8 Å². The topological polar surface area (TPSA) is 51.2 Å². The molecule has 0 aliphatic heterocycles. The molecule has 0 bridgehead atoms. The van der Waals surface area contributed by atoms with E-state index in [0.29, 0.717) is 26.4 Å². The Morgan fingerprint density at radius 3 is 2.33 bits per heavy atom. The molecule has 3 rings (SSSR count). The van der Waals surface area contributed by atoms with Gasteiger partial charge >= 0.3 is 0 Å². The number of furan rings is 1. The zero-order valence-corrected chi connectivity index (χ0v) is 13.0. The molecule has 0 saturated carbocycles. The van der Waals surface area contributed by atoms with Crippen LogP contribution in [0.4, 0.5) is 0 Å². The lowest BCUT2D eigenvalue weighted by Gasteiger charge is -2.14. The van der Waals surface area contributed by atoms with Crippen molar-refractivity contribution in [2.45, 2.75) is 6.04 Å². The summed E-state index contributed by atoms with van der Waals surface area (Å²) in [6.07, 6.45) is 0. The Labute approximate surface area is 136 Å². The lowest BCUT2D eigenvalue weighted by molar-refractivity contribution is 0.477. The van der Waals surface area contributed by atoms with Crippen LogP contribution in [-0.4, -0.2) is 0 Å². The van der Waals surface area contributed by atoms with Crippen LogP contribution in [-0.2, 0) is 0 Å². The Bertz CT molecular complexity index is 780. The van der Waals surface area contributed by atoms with E-state index in [4.69, 9.17) is 45.1 Å². The Hall–Kier alpha value is -1.23. The predicted octanol–water partition coefficient (Wildman–Crippen LogP) is 4.95. The molecule has 1 unspecified atom stereocenters. The highest BCUT2D eigenvalue weighted by molar-refractivity contribution is 6.35. The van der Waals surface area contributed by atoms with E-state index in [1.54, 1.807) is 24.3 Å². The quantitative estimate of drug-likeness (QED) is 0.524. The van der Waals surface area contributed by atoms with Gasteiger partial charge in [-0.3, -0.25) is 5.84 Å². The summed E-state index contributed by atoms with van der Waals surface area (Å²) in [5.41, 5.74) is 4.15. The molecule has 1 heterocycles. The second-order valence-electron chi connectivity index (χ2n) is 4.61. The molecule has 0 radical (unpaired) electrons. The Balaban J connectivity index is 2.11. The molecular weight excluding hydrogens is 331 g/mol. The third kappa shape index (κ3) is 2.89. The fourth-order valence-corrected chi connectivity index (χ4v) is 3.04. The first-order valence-electron chi connectivity index (χ1n) is 6.18. The molecule has 0 spiro atoms. The van der Waals surface area contributed by atoms with Gasteiger partial charge in [-0.15, -0.1) is 0 Å². The maximum atomic E-state index is 6.13. The number of hydrogen-bond acceptors (Lipinski definition) is 3. The largest absolute Gasteiger partial charge is 0.457 e. The lowest BCUT2D eigenvalue weighted by atomic mass is 10.0. The normalized spacial score (nSPS) is 12.8. The number of fused-ring (bicyclic) bond motifs is 1. The van der Waals surface area contributed by atoms with Crippen molar-refractivity contribution in [3.63, 3.8) is 0 Å². The van der Waals surface area contributed by atoms with Crippen LogP contribution in [0.2, 0.25) is 15.1 Å². The van der Waals surface area contributed by atoms with Gasteiger partial charge in [0.15, 0.2) is 5.58 Å². The van der Waals surface area contributed by atoms with E-state index in [-0.39, 0.29) is 6.04 Å². The first-order valence-corrected chi connectivity index (χ1v) is 7.32. The lowest BCUT2D eigenvalue weighted by Crippen LogP contribution is -2.28. The summed E-state index contributed by atoms with van der Waals surface area (Å²) in [5, 5.41) is 2.53. The summed E-state index contributed by atoms with van der Waals surface area (Å²) in [7, 11) is 0. The summed E-state index contributed by atoms with van der Waals surface area (Å²) >= 11 is 18.2. The van der Waals surface area contributed by atoms with E-state index in [1.165, 1.54) is 0 Å². The molecule has 6 heteroatoms. The van der Waals surface area contributed by atoms with Crippen LogP contribution in [0.3, 0.4) is 0 Å². The first kappa shape index (κ1) is 14.7. The summed E-state index contributed by atoms with van der Waals surface area (Å²) < 4.78 is 5.83. The molecule has 2 aromatic carbocycles. The minimum atomic E-state index is -0.371. The van der Waals surface area contributed by atoms with Crippen molar-refractivity contribution in [2.24, 2.45) is 5.84 Å². The van der Waals surface area contributed by atoms with E-state index in [9.17, 15) is 0 Å². The minimum absolute atomic E-state index is 0.371. The highest BCUT2D eigenvalue weighted by Gasteiger charge is 2.19. The zero-order valence-electron chi connectivity index (χ0n) is 10.7. The number of halogens is 3. The fourth-order valence-electron chi connectivity index (χ4n) is 2.27. The third-order valence-electron chi connectivity index (χ3n) is 3.18. The average molecular weight is 342 g/mol. The van der Waals surface area contributed by atoms with Crippen molar-refractivity contribution in [1.29, 1.82) is 0 Å². The molecule has 3 N–H and O–H groups in total. The van der Waals surface area contributed by atoms with Crippen molar-refractivity contribution in [3.8, 4) is 0 Å². The van der Waals surface area contributed by atoms with E-state index in [0.717, 1.165) is 10.9 Å². The maximum absolute atomic E-state index is 6.13. The van der Waals surface area contributed by atoms with Crippen molar-refractivity contribution in [1.82, 2.24) is 5.43 Å². The number of benzene rings is 2. The number of nitrogens with one attached hydrogen (secondary N) is 1. The molecule has 0 saturated heterocycles. The summed E-state index contributed by atoms with van der Waals surface area (Å²) in [6, 6.07) is 12.3. The molecule has 1 atom stereocenters. The van der Waals surface area contributed by atoms with Crippen molar-refractivity contribution >= 4 is 45.8 Å². The van der Waals surface area contributed by atoms with Gasteiger partial charge in [0.2, 0.25) is 0 Å². The van der Waals surface area contributed by atoms with Crippen molar-refractivity contribution < 1.29 is 4.42 Å². The van der Waals surface area contributed by atoms with Crippen molar-refractivity contribution in [3.05, 3.63) is 68.9 Å². The second kappa shape index (κ2) is 5.87. The summed E-state index contributed by atoms with van der Waals surface area (Å²) in [5.74, 6) is 6.31. The van der Waals surface area contributed by atoms with Gasteiger partial charge in [0.25, 0.3) is 0 Å². The molecule has 0 fully saturated rings. The Morgan fingerprint density at radius 2 is 1.71 bits per heavy atom. The van der Waals surface area contributed by atoms with Crippen LogP contribution in [0.25, 0.3) is 11.0 Å². The molecule has 0 amide bonds. The van der Waals surface area contributed by atoms with Crippen LogP contribution < -0.4 is 11.3 Å². The monoisotopic (exact) mass is 340 g/mol. The van der Waals surface area contributed by atoms with Gasteiger partial charge in [-0.1, -0.05) is 46.9 Å². The minimum Gasteiger partial charge on any atom is -0.457 e.